The second-order valence-electron chi connectivity index (χ2n) is 6.76. The van der Waals surface area contributed by atoms with Gasteiger partial charge >= 0.3 is 0 Å². The second-order valence-corrected chi connectivity index (χ2v) is 6.76. The molecule has 0 spiro atoms. The number of methoxy groups -OCH3 is 1. The lowest BCUT2D eigenvalue weighted by Crippen LogP contribution is -2.44. The van der Waals surface area contributed by atoms with Crippen LogP contribution in [0, 0.1) is 5.92 Å². The van der Waals surface area contributed by atoms with E-state index in [1.807, 2.05) is 0 Å². The number of rotatable bonds is 5. The van der Waals surface area contributed by atoms with Crippen molar-refractivity contribution < 1.29 is 4.74 Å². The van der Waals surface area contributed by atoms with Crippen LogP contribution < -0.4 is 10.1 Å². The van der Waals surface area contributed by atoms with E-state index in [4.69, 9.17) is 4.74 Å². The van der Waals surface area contributed by atoms with E-state index in [9.17, 15) is 0 Å². The summed E-state index contributed by atoms with van der Waals surface area (Å²) in [4.78, 5) is 2.44. The van der Waals surface area contributed by atoms with Crippen LogP contribution in [0.3, 0.4) is 0 Å². The summed E-state index contributed by atoms with van der Waals surface area (Å²) in [5.74, 6) is 2.61. The van der Waals surface area contributed by atoms with Crippen molar-refractivity contribution in [3.8, 4) is 5.75 Å². The fraction of sp³-hybridized carbons (Fsp3) is 0.667. The number of likely N-dealkylation sites (tertiary alicyclic amines) is 1. The molecule has 1 heterocycles. The number of nitrogens with zero attached hydrogens (tertiary/aromatic N) is 1. The van der Waals surface area contributed by atoms with Crippen LogP contribution in [0.4, 0.5) is 0 Å². The highest BCUT2D eigenvalue weighted by Gasteiger charge is 2.32. The summed E-state index contributed by atoms with van der Waals surface area (Å²) < 4.78 is 5.48. The van der Waals surface area contributed by atoms with Gasteiger partial charge in [0, 0.05) is 6.04 Å². The van der Waals surface area contributed by atoms with Gasteiger partial charge in [-0.05, 0) is 75.8 Å². The first kappa shape index (κ1) is 14.9. The lowest BCUT2D eigenvalue weighted by molar-refractivity contribution is 0.198. The van der Waals surface area contributed by atoms with Crippen LogP contribution in [0.5, 0.6) is 5.75 Å². The van der Waals surface area contributed by atoms with E-state index in [-0.39, 0.29) is 0 Å². The van der Waals surface area contributed by atoms with Crippen molar-refractivity contribution in [3.05, 3.63) is 29.8 Å². The van der Waals surface area contributed by atoms with Crippen LogP contribution in [0.15, 0.2) is 24.3 Å². The Kier molecular flexibility index (Phi) is 4.81. The van der Waals surface area contributed by atoms with Gasteiger partial charge in [-0.25, -0.2) is 0 Å². The van der Waals surface area contributed by atoms with E-state index >= 15 is 0 Å². The maximum absolute atomic E-state index is 5.48. The lowest BCUT2D eigenvalue weighted by atomic mass is 9.75. The van der Waals surface area contributed by atoms with Gasteiger partial charge in [-0.15, -0.1) is 0 Å². The predicted molar refractivity (Wildman–Crippen MR) is 87.0 cm³/mol. The Balaban J connectivity index is 1.42. The lowest BCUT2D eigenvalue weighted by Gasteiger charge is -2.38. The summed E-state index contributed by atoms with van der Waals surface area (Å²) >= 11 is 0. The molecule has 0 aromatic heterocycles. The molecule has 1 aromatic carbocycles. The van der Waals surface area contributed by atoms with E-state index in [1.165, 1.54) is 50.9 Å². The molecule has 1 aromatic rings. The molecule has 0 radical (unpaired) electrons. The van der Waals surface area contributed by atoms with Crippen LogP contribution in [-0.2, 0) is 0 Å². The van der Waals surface area contributed by atoms with E-state index in [2.05, 4.69) is 41.5 Å². The Morgan fingerprint density at radius 1 is 1.19 bits per heavy atom. The van der Waals surface area contributed by atoms with Crippen molar-refractivity contribution in [1.82, 2.24) is 10.2 Å². The van der Waals surface area contributed by atoms with Crippen molar-refractivity contribution in [2.45, 2.75) is 37.6 Å². The number of piperidine rings is 1. The Hall–Kier alpha value is -1.06. The van der Waals surface area contributed by atoms with Gasteiger partial charge in [0.05, 0.1) is 7.11 Å². The minimum Gasteiger partial charge on any atom is -0.496 e. The first-order chi connectivity index (χ1) is 10.3. The summed E-state index contributed by atoms with van der Waals surface area (Å²) in [5, 5.41) is 3.78. The van der Waals surface area contributed by atoms with Gasteiger partial charge in [0.1, 0.15) is 5.75 Å². The van der Waals surface area contributed by atoms with Gasteiger partial charge in [0.25, 0.3) is 0 Å². The standard InChI is InChI=1S/C18H28N2O/c1-20-9-7-14(8-10-20)13-19-16-11-15(12-16)17-5-3-4-6-18(17)21-2/h3-6,14-16,19H,7-13H2,1-2H3. The zero-order valence-electron chi connectivity index (χ0n) is 13.3. The van der Waals surface area contributed by atoms with Gasteiger partial charge in [-0.1, -0.05) is 18.2 Å². The van der Waals surface area contributed by atoms with Gasteiger partial charge in [0.2, 0.25) is 0 Å². The zero-order valence-corrected chi connectivity index (χ0v) is 13.3. The van der Waals surface area contributed by atoms with Crippen molar-refractivity contribution in [1.29, 1.82) is 0 Å². The molecule has 1 saturated carbocycles. The maximum Gasteiger partial charge on any atom is 0.122 e. The molecule has 0 amide bonds. The molecule has 1 saturated heterocycles. The topological polar surface area (TPSA) is 24.5 Å². The Morgan fingerprint density at radius 3 is 2.62 bits per heavy atom. The normalized spacial score (nSPS) is 27.3. The van der Waals surface area contributed by atoms with Crippen molar-refractivity contribution in [3.63, 3.8) is 0 Å². The van der Waals surface area contributed by atoms with Crippen LogP contribution in [0.1, 0.15) is 37.2 Å². The average Bonchev–Trinajstić information content (AvgIpc) is 2.48. The Bertz CT molecular complexity index is 448. The number of benzene rings is 1. The molecule has 1 N–H and O–H groups in total. The average molecular weight is 288 g/mol. The molecule has 0 bridgehead atoms. The summed E-state index contributed by atoms with van der Waals surface area (Å²) in [7, 11) is 4.00. The highest BCUT2D eigenvalue weighted by molar-refractivity contribution is 5.37. The fourth-order valence-corrected chi connectivity index (χ4v) is 3.64. The molecular formula is C18H28N2O. The number of para-hydroxylation sites is 1. The molecule has 3 nitrogen and oxygen atoms in total. The summed E-state index contributed by atoms with van der Waals surface area (Å²) in [5.41, 5.74) is 1.39. The Morgan fingerprint density at radius 2 is 1.90 bits per heavy atom. The molecule has 3 heteroatoms. The number of ether oxygens (including phenoxy) is 1. The Labute approximate surface area is 128 Å². The van der Waals surface area contributed by atoms with Crippen molar-refractivity contribution >= 4 is 0 Å². The SMILES string of the molecule is COc1ccccc1C1CC(NCC2CCN(C)CC2)C1. The third-order valence-electron chi connectivity index (χ3n) is 5.25. The van der Waals surface area contributed by atoms with Crippen molar-refractivity contribution in [2.75, 3.05) is 33.8 Å². The summed E-state index contributed by atoms with van der Waals surface area (Å²) in [6, 6.07) is 9.18. The van der Waals surface area contributed by atoms with Crippen molar-refractivity contribution in [2.24, 2.45) is 5.92 Å². The molecular weight excluding hydrogens is 260 g/mol. The summed E-state index contributed by atoms with van der Waals surface area (Å²) in [6.07, 6.45) is 5.22. The monoisotopic (exact) mass is 288 g/mol. The molecule has 3 rings (SSSR count). The summed E-state index contributed by atoms with van der Waals surface area (Å²) in [6.45, 7) is 3.73. The van der Waals surface area contributed by atoms with Gasteiger partial charge in [-0.2, -0.15) is 0 Å². The van der Waals surface area contributed by atoms with Gasteiger partial charge in [0.15, 0.2) is 0 Å². The third-order valence-corrected chi connectivity index (χ3v) is 5.25. The number of nitrogens with one attached hydrogen (secondary N) is 1. The highest BCUT2D eigenvalue weighted by atomic mass is 16.5. The van der Waals surface area contributed by atoms with E-state index in [0.29, 0.717) is 12.0 Å². The molecule has 1 aliphatic carbocycles. The van der Waals surface area contributed by atoms with Gasteiger partial charge in [-0.3, -0.25) is 0 Å². The minimum atomic E-state index is 0.677. The molecule has 21 heavy (non-hydrogen) atoms. The highest BCUT2D eigenvalue weighted by Crippen LogP contribution is 2.41. The number of hydrogen-bond acceptors (Lipinski definition) is 3. The van der Waals surface area contributed by atoms with E-state index in [0.717, 1.165) is 11.7 Å². The first-order valence-corrected chi connectivity index (χ1v) is 8.31. The van der Waals surface area contributed by atoms with Crippen LogP contribution >= 0.6 is 0 Å². The van der Waals surface area contributed by atoms with Gasteiger partial charge < -0.3 is 15.0 Å². The quantitative estimate of drug-likeness (QED) is 0.901. The van der Waals surface area contributed by atoms with Crippen LogP contribution in [-0.4, -0.2) is 44.7 Å². The molecule has 1 aliphatic heterocycles. The third kappa shape index (κ3) is 3.58. The molecule has 2 fully saturated rings. The zero-order chi connectivity index (χ0) is 14.7. The molecule has 0 atom stereocenters. The van der Waals surface area contributed by atoms with Crippen LogP contribution in [0.25, 0.3) is 0 Å². The first-order valence-electron chi connectivity index (χ1n) is 8.31. The smallest absolute Gasteiger partial charge is 0.122 e. The largest absolute Gasteiger partial charge is 0.496 e. The van der Waals surface area contributed by atoms with E-state index < -0.39 is 0 Å². The number of hydrogen-bond donors (Lipinski definition) is 1. The fourth-order valence-electron chi connectivity index (χ4n) is 3.64. The maximum atomic E-state index is 5.48. The van der Waals surface area contributed by atoms with E-state index in [1.54, 1.807) is 7.11 Å². The second kappa shape index (κ2) is 6.80. The molecule has 0 unspecified atom stereocenters. The van der Waals surface area contributed by atoms with Crippen LogP contribution in [0.2, 0.25) is 0 Å². The molecule has 2 aliphatic rings. The minimum absolute atomic E-state index is 0.677. The molecule has 116 valence electrons. The predicted octanol–water partition coefficient (Wildman–Crippen LogP) is 2.87.